The Morgan fingerprint density at radius 3 is 2.16 bits per heavy atom. The number of rotatable bonds is 8. The van der Waals surface area contributed by atoms with Gasteiger partial charge in [-0.05, 0) is 19.1 Å². The van der Waals surface area contributed by atoms with Crippen LogP contribution in [-0.4, -0.2) is 49.9 Å². The van der Waals surface area contributed by atoms with Gasteiger partial charge >= 0.3 is 5.97 Å². The fourth-order valence-corrected chi connectivity index (χ4v) is 3.34. The summed E-state index contributed by atoms with van der Waals surface area (Å²) in [4.78, 5) is 29.8. The molecule has 1 aromatic heterocycles. The second-order valence-corrected chi connectivity index (χ2v) is 6.78. The number of esters is 1. The van der Waals surface area contributed by atoms with Gasteiger partial charge in [-0.3, -0.25) is 19.7 Å². The van der Waals surface area contributed by atoms with Crippen LogP contribution in [-0.2, 0) is 16.0 Å². The maximum absolute atomic E-state index is 13.3. The molecule has 3 aromatic rings. The van der Waals surface area contributed by atoms with Crippen LogP contribution >= 0.6 is 0 Å². The molecule has 0 saturated heterocycles. The number of hydrogen-bond acceptors (Lipinski definition) is 7. The van der Waals surface area contributed by atoms with Crippen LogP contribution in [0.25, 0.3) is 5.69 Å². The van der Waals surface area contributed by atoms with Crippen LogP contribution in [0.15, 0.2) is 52.3 Å². The van der Waals surface area contributed by atoms with Crippen LogP contribution in [0.2, 0.25) is 0 Å². The number of nitrogens with one attached hydrogen (secondary N) is 1. The first-order valence-electron chi connectivity index (χ1n) is 9.75. The second-order valence-electron chi connectivity index (χ2n) is 6.78. The summed E-state index contributed by atoms with van der Waals surface area (Å²) in [5.74, 6) is 0.826. The number of para-hydroxylation sites is 1. The summed E-state index contributed by atoms with van der Waals surface area (Å²) >= 11 is 0. The van der Waals surface area contributed by atoms with E-state index in [1.807, 2.05) is 18.2 Å². The lowest BCUT2D eigenvalue weighted by Gasteiger charge is -2.13. The van der Waals surface area contributed by atoms with Gasteiger partial charge in [0.25, 0.3) is 5.56 Å². The molecule has 0 fully saturated rings. The van der Waals surface area contributed by atoms with E-state index in [1.54, 1.807) is 31.2 Å². The van der Waals surface area contributed by atoms with E-state index < -0.39 is 5.97 Å². The van der Waals surface area contributed by atoms with Gasteiger partial charge in [-0.25, -0.2) is 4.68 Å². The molecule has 1 N–H and O–H groups in total. The lowest BCUT2D eigenvalue weighted by molar-refractivity contribution is -0.139. The monoisotopic (exact) mass is 439 g/mol. The standard InChI is InChI=1S/C23H25N3O6/c1-14(24-15-11-18(29-2)22(32-5)19(12-15)30-3)21-17(13-20(27)31-4)25-26(23(21)28)16-9-7-6-8-10-16/h6-12,25H,13H2,1-5H3. The molecule has 0 aliphatic carbocycles. The minimum atomic E-state index is -0.478. The van der Waals surface area contributed by atoms with E-state index in [0.717, 1.165) is 0 Å². The second kappa shape index (κ2) is 9.86. The van der Waals surface area contributed by atoms with Crippen molar-refractivity contribution >= 4 is 17.4 Å². The molecule has 0 aliphatic heterocycles. The Balaban J connectivity index is 2.15. The van der Waals surface area contributed by atoms with E-state index in [1.165, 1.54) is 33.1 Å². The molecule has 0 radical (unpaired) electrons. The van der Waals surface area contributed by atoms with E-state index in [9.17, 15) is 9.59 Å². The fourth-order valence-electron chi connectivity index (χ4n) is 3.34. The van der Waals surface area contributed by atoms with Crippen LogP contribution in [0.3, 0.4) is 0 Å². The highest BCUT2D eigenvalue weighted by molar-refractivity contribution is 6.01. The third-order valence-corrected chi connectivity index (χ3v) is 4.84. The fraction of sp³-hybridized carbons (Fsp3) is 0.261. The number of ether oxygens (including phenoxy) is 4. The summed E-state index contributed by atoms with van der Waals surface area (Å²) < 4.78 is 22.3. The van der Waals surface area contributed by atoms with Crippen molar-refractivity contribution in [3.05, 3.63) is 64.1 Å². The first kappa shape index (κ1) is 22.7. The van der Waals surface area contributed by atoms with Crippen molar-refractivity contribution in [2.24, 2.45) is 4.99 Å². The zero-order valence-corrected chi connectivity index (χ0v) is 18.6. The van der Waals surface area contributed by atoms with Crippen molar-refractivity contribution in [1.82, 2.24) is 9.78 Å². The maximum atomic E-state index is 13.3. The highest BCUT2D eigenvalue weighted by Gasteiger charge is 2.21. The molecule has 168 valence electrons. The number of aromatic nitrogens is 2. The Labute approximate surface area is 185 Å². The molecule has 0 atom stereocenters. The number of aliphatic imine (C=N–C) groups is 1. The van der Waals surface area contributed by atoms with Crippen molar-refractivity contribution in [1.29, 1.82) is 0 Å². The number of benzene rings is 2. The molecule has 9 nitrogen and oxygen atoms in total. The Morgan fingerprint density at radius 1 is 1.00 bits per heavy atom. The number of hydrogen-bond donors (Lipinski definition) is 1. The third kappa shape index (κ3) is 4.51. The van der Waals surface area contributed by atoms with E-state index >= 15 is 0 Å². The van der Waals surface area contributed by atoms with Gasteiger partial charge in [-0.15, -0.1) is 0 Å². The third-order valence-electron chi connectivity index (χ3n) is 4.84. The van der Waals surface area contributed by atoms with E-state index in [2.05, 4.69) is 10.1 Å². The molecule has 1 heterocycles. The molecular formula is C23H25N3O6. The Bertz CT molecular complexity index is 1170. The van der Waals surface area contributed by atoms with Gasteiger partial charge in [0.05, 0.1) is 63.2 Å². The summed E-state index contributed by atoms with van der Waals surface area (Å²) in [6.45, 7) is 1.70. The molecule has 0 aliphatic rings. The van der Waals surface area contributed by atoms with Crippen LogP contribution < -0.4 is 19.8 Å². The van der Waals surface area contributed by atoms with Crippen LogP contribution in [0.1, 0.15) is 18.2 Å². The summed E-state index contributed by atoms with van der Waals surface area (Å²) in [5.41, 5.74) is 1.90. The minimum Gasteiger partial charge on any atom is -0.493 e. The average molecular weight is 439 g/mol. The minimum absolute atomic E-state index is 0.108. The lowest BCUT2D eigenvalue weighted by atomic mass is 10.1. The van der Waals surface area contributed by atoms with Gasteiger partial charge in [-0.2, -0.15) is 0 Å². The van der Waals surface area contributed by atoms with E-state index in [4.69, 9.17) is 18.9 Å². The Hall–Kier alpha value is -4.01. The summed E-state index contributed by atoms with van der Waals surface area (Å²) in [6, 6.07) is 12.4. The highest BCUT2D eigenvalue weighted by atomic mass is 16.5. The van der Waals surface area contributed by atoms with Gasteiger partial charge < -0.3 is 18.9 Å². The zero-order chi connectivity index (χ0) is 23.3. The first-order valence-corrected chi connectivity index (χ1v) is 9.75. The van der Waals surface area contributed by atoms with E-state index in [-0.39, 0.29) is 17.5 Å². The van der Waals surface area contributed by atoms with Gasteiger partial charge in [0, 0.05) is 12.1 Å². The summed E-state index contributed by atoms with van der Waals surface area (Å²) in [5, 5.41) is 3.01. The number of aromatic amines is 1. The van der Waals surface area contributed by atoms with Gasteiger partial charge in [0.15, 0.2) is 11.5 Å². The molecule has 9 heteroatoms. The Morgan fingerprint density at radius 2 is 1.62 bits per heavy atom. The zero-order valence-electron chi connectivity index (χ0n) is 18.6. The molecule has 0 spiro atoms. The predicted molar refractivity (Wildman–Crippen MR) is 120 cm³/mol. The van der Waals surface area contributed by atoms with Crippen LogP contribution in [0, 0.1) is 0 Å². The highest BCUT2D eigenvalue weighted by Crippen LogP contribution is 2.41. The smallest absolute Gasteiger partial charge is 0.311 e. The van der Waals surface area contributed by atoms with Gasteiger partial charge in [0.1, 0.15) is 0 Å². The van der Waals surface area contributed by atoms with Gasteiger partial charge in [0.2, 0.25) is 5.75 Å². The molecule has 2 aromatic carbocycles. The number of H-pyrrole nitrogens is 1. The van der Waals surface area contributed by atoms with Crippen molar-refractivity contribution < 1.29 is 23.7 Å². The molecule has 32 heavy (non-hydrogen) atoms. The molecular weight excluding hydrogens is 414 g/mol. The van der Waals surface area contributed by atoms with E-state index in [0.29, 0.717) is 40.0 Å². The number of methoxy groups -OCH3 is 4. The maximum Gasteiger partial charge on any atom is 0.311 e. The quantitative estimate of drug-likeness (QED) is 0.427. The van der Waals surface area contributed by atoms with Crippen molar-refractivity contribution in [2.75, 3.05) is 28.4 Å². The number of carbonyl (C=O) groups excluding carboxylic acids is 1. The molecule has 0 bridgehead atoms. The predicted octanol–water partition coefficient (Wildman–Crippen LogP) is 3.05. The molecule has 3 rings (SSSR count). The van der Waals surface area contributed by atoms with Crippen LogP contribution in [0.4, 0.5) is 5.69 Å². The number of nitrogens with zero attached hydrogens (tertiary/aromatic N) is 2. The van der Waals surface area contributed by atoms with Crippen molar-refractivity contribution in [3.8, 4) is 22.9 Å². The SMILES string of the molecule is COC(=O)Cc1[nH]n(-c2ccccc2)c(=O)c1C(C)=Nc1cc(OC)c(OC)c(OC)c1. The summed E-state index contributed by atoms with van der Waals surface area (Å²) in [7, 11) is 5.83. The normalized spacial score (nSPS) is 11.2. The topological polar surface area (TPSA) is 104 Å². The number of carbonyl (C=O) groups is 1. The first-order chi connectivity index (χ1) is 15.4. The van der Waals surface area contributed by atoms with Crippen molar-refractivity contribution in [3.63, 3.8) is 0 Å². The van der Waals surface area contributed by atoms with Gasteiger partial charge in [-0.1, -0.05) is 18.2 Å². The summed E-state index contributed by atoms with van der Waals surface area (Å²) in [6.07, 6.45) is -0.108. The lowest BCUT2D eigenvalue weighted by Crippen LogP contribution is -2.20. The Kier molecular flexibility index (Phi) is 6.99. The molecule has 0 unspecified atom stereocenters. The molecule has 0 saturated carbocycles. The van der Waals surface area contributed by atoms with Crippen molar-refractivity contribution in [2.45, 2.75) is 13.3 Å². The average Bonchev–Trinajstić information content (AvgIpc) is 3.14. The molecule has 0 amide bonds. The van der Waals surface area contributed by atoms with Crippen LogP contribution in [0.5, 0.6) is 17.2 Å². The largest absolute Gasteiger partial charge is 0.493 e.